The van der Waals surface area contributed by atoms with E-state index in [4.69, 9.17) is 4.74 Å². The first-order valence-electron chi connectivity index (χ1n) is 8.39. The third-order valence-corrected chi connectivity index (χ3v) is 4.63. The molecule has 1 heterocycles. The third-order valence-electron chi connectivity index (χ3n) is 3.82. The normalized spacial score (nSPS) is 10.2. The Morgan fingerprint density at radius 2 is 1.93 bits per heavy atom. The maximum atomic E-state index is 12.3. The highest BCUT2D eigenvalue weighted by atomic mass is 32.1. The molecular weight excluding hydrogens is 396 g/mol. The molecule has 3 aromatic rings. The molecular formula is C19H16N4O5S. The van der Waals surface area contributed by atoms with E-state index in [-0.39, 0.29) is 29.7 Å². The molecule has 10 heteroatoms. The van der Waals surface area contributed by atoms with Gasteiger partial charge in [0.25, 0.3) is 11.6 Å². The summed E-state index contributed by atoms with van der Waals surface area (Å²) < 4.78 is 5.10. The number of benzene rings is 2. The van der Waals surface area contributed by atoms with Crippen molar-refractivity contribution in [2.45, 2.75) is 6.42 Å². The van der Waals surface area contributed by atoms with Crippen molar-refractivity contribution in [3.63, 3.8) is 0 Å². The number of non-ortho nitro benzene ring substituents is 1. The van der Waals surface area contributed by atoms with Gasteiger partial charge in [0.05, 0.1) is 35.9 Å². The Kier molecular flexibility index (Phi) is 6.15. The average molecular weight is 412 g/mol. The van der Waals surface area contributed by atoms with Gasteiger partial charge in [-0.3, -0.25) is 25.0 Å². The number of rotatable bonds is 7. The van der Waals surface area contributed by atoms with E-state index in [1.165, 1.54) is 36.6 Å². The molecule has 0 radical (unpaired) electrons. The molecule has 2 amide bonds. The molecule has 148 valence electrons. The fraction of sp³-hybridized carbons (Fsp3) is 0.105. The highest BCUT2D eigenvalue weighted by Gasteiger charge is 2.15. The lowest BCUT2D eigenvalue weighted by Crippen LogP contribution is -2.15. The van der Waals surface area contributed by atoms with Crippen LogP contribution in [0.25, 0.3) is 0 Å². The lowest BCUT2D eigenvalue weighted by Gasteiger charge is -2.09. The van der Waals surface area contributed by atoms with Crippen LogP contribution >= 0.6 is 11.3 Å². The molecule has 0 fully saturated rings. The average Bonchev–Trinajstić information content (AvgIpc) is 3.15. The number of aromatic nitrogens is 1. The van der Waals surface area contributed by atoms with Gasteiger partial charge >= 0.3 is 0 Å². The van der Waals surface area contributed by atoms with Crippen molar-refractivity contribution < 1.29 is 19.2 Å². The second-order valence-corrected chi connectivity index (χ2v) is 6.69. The molecule has 0 bridgehead atoms. The molecule has 29 heavy (non-hydrogen) atoms. The molecule has 0 aliphatic rings. The minimum Gasteiger partial charge on any atom is -0.494 e. The Balaban J connectivity index is 1.62. The molecule has 0 saturated heterocycles. The number of hydrogen-bond donors (Lipinski definition) is 2. The van der Waals surface area contributed by atoms with Crippen LogP contribution in [0.3, 0.4) is 0 Å². The Morgan fingerprint density at radius 3 is 2.62 bits per heavy atom. The van der Waals surface area contributed by atoms with E-state index in [9.17, 15) is 19.7 Å². The second-order valence-electron chi connectivity index (χ2n) is 5.83. The summed E-state index contributed by atoms with van der Waals surface area (Å²) in [7, 11) is 1.36. The van der Waals surface area contributed by atoms with E-state index >= 15 is 0 Å². The molecule has 0 aliphatic carbocycles. The van der Waals surface area contributed by atoms with Crippen molar-refractivity contribution in [1.29, 1.82) is 0 Å². The van der Waals surface area contributed by atoms with Gasteiger partial charge in [0.15, 0.2) is 5.13 Å². The van der Waals surface area contributed by atoms with Gasteiger partial charge in [-0.1, -0.05) is 18.2 Å². The first-order valence-corrected chi connectivity index (χ1v) is 9.27. The number of hydrogen-bond acceptors (Lipinski definition) is 7. The molecule has 0 saturated carbocycles. The quantitative estimate of drug-likeness (QED) is 0.452. The summed E-state index contributed by atoms with van der Waals surface area (Å²) in [6.45, 7) is 0. The van der Waals surface area contributed by atoms with Crippen LogP contribution in [-0.2, 0) is 11.2 Å². The highest BCUT2D eigenvalue weighted by Crippen LogP contribution is 2.29. The summed E-state index contributed by atoms with van der Waals surface area (Å²) in [5, 5.41) is 18.2. The summed E-state index contributed by atoms with van der Waals surface area (Å²) in [5.41, 5.74) is 1.16. The van der Waals surface area contributed by atoms with Crippen molar-refractivity contribution in [2.24, 2.45) is 0 Å². The van der Waals surface area contributed by atoms with Crippen molar-refractivity contribution in [3.05, 3.63) is 75.3 Å². The molecule has 0 atom stereocenters. The van der Waals surface area contributed by atoms with Gasteiger partial charge in [-0.2, -0.15) is 0 Å². The zero-order valence-electron chi connectivity index (χ0n) is 15.2. The Morgan fingerprint density at radius 1 is 1.17 bits per heavy atom. The van der Waals surface area contributed by atoms with E-state index < -0.39 is 4.92 Å². The number of nitrogens with zero attached hydrogens (tertiary/aromatic N) is 2. The topological polar surface area (TPSA) is 123 Å². The maximum absolute atomic E-state index is 12.3. The first kappa shape index (κ1) is 20.0. The van der Waals surface area contributed by atoms with Crippen molar-refractivity contribution >= 4 is 39.7 Å². The predicted octanol–water partition coefficient (Wildman–Crippen LogP) is 3.49. The van der Waals surface area contributed by atoms with Gasteiger partial charge in [0.2, 0.25) is 5.91 Å². The number of methoxy groups -OCH3 is 1. The number of thiazole rings is 1. The number of amides is 2. The number of anilines is 2. The number of carbonyl (C=O) groups excluding carboxylic acids is 2. The summed E-state index contributed by atoms with van der Waals surface area (Å²) in [6.07, 6.45) is -0.0299. The van der Waals surface area contributed by atoms with Crippen LogP contribution in [0.5, 0.6) is 5.75 Å². The number of nitro benzene ring substituents is 1. The Labute approximate surface area is 169 Å². The third kappa shape index (κ3) is 5.14. The van der Waals surface area contributed by atoms with Crippen LogP contribution in [-0.4, -0.2) is 28.8 Å². The van der Waals surface area contributed by atoms with Crippen LogP contribution < -0.4 is 15.4 Å². The Bertz CT molecular complexity index is 1050. The summed E-state index contributed by atoms with van der Waals surface area (Å²) in [5.74, 6) is -0.475. The number of nitrogens with one attached hydrogen (secondary N) is 2. The summed E-state index contributed by atoms with van der Waals surface area (Å²) in [4.78, 5) is 39.0. The monoisotopic (exact) mass is 412 g/mol. The molecule has 1 aromatic heterocycles. The second kappa shape index (κ2) is 8.93. The van der Waals surface area contributed by atoms with Gasteiger partial charge in [-0.05, 0) is 18.2 Å². The van der Waals surface area contributed by atoms with E-state index in [1.807, 2.05) is 6.07 Å². The van der Waals surface area contributed by atoms with E-state index in [2.05, 4.69) is 15.6 Å². The van der Waals surface area contributed by atoms with Crippen LogP contribution in [0.1, 0.15) is 16.1 Å². The smallest absolute Gasteiger partial charge is 0.273 e. The van der Waals surface area contributed by atoms with Gasteiger partial charge < -0.3 is 10.1 Å². The molecule has 9 nitrogen and oxygen atoms in total. The van der Waals surface area contributed by atoms with Crippen LogP contribution in [0, 0.1) is 10.1 Å². The molecule has 0 spiro atoms. The van der Waals surface area contributed by atoms with Gasteiger partial charge in [-0.25, -0.2) is 4.98 Å². The molecule has 3 rings (SSSR count). The predicted molar refractivity (Wildman–Crippen MR) is 108 cm³/mol. The van der Waals surface area contributed by atoms with Crippen molar-refractivity contribution in [1.82, 2.24) is 4.98 Å². The zero-order chi connectivity index (χ0) is 20.8. The fourth-order valence-corrected chi connectivity index (χ4v) is 3.17. The lowest BCUT2D eigenvalue weighted by atomic mass is 10.2. The highest BCUT2D eigenvalue weighted by molar-refractivity contribution is 7.14. The number of ether oxygens (including phenoxy) is 1. The molecule has 2 aromatic carbocycles. The van der Waals surface area contributed by atoms with Crippen LogP contribution in [0.15, 0.2) is 53.9 Å². The molecule has 2 N–H and O–H groups in total. The van der Waals surface area contributed by atoms with E-state index in [1.54, 1.807) is 29.6 Å². The molecule has 0 unspecified atom stereocenters. The number of nitro groups is 1. The largest absolute Gasteiger partial charge is 0.494 e. The molecule has 0 aliphatic heterocycles. The van der Waals surface area contributed by atoms with Crippen molar-refractivity contribution in [2.75, 3.05) is 17.7 Å². The first-order chi connectivity index (χ1) is 14.0. The van der Waals surface area contributed by atoms with Crippen molar-refractivity contribution in [3.8, 4) is 5.75 Å². The van der Waals surface area contributed by atoms with Gasteiger partial charge in [0, 0.05) is 17.0 Å². The summed E-state index contributed by atoms with van der Waals surface area (Å²) >= 11 is 1.21. The summed E-state index contributed by atoms with van der Waals surface area (Å²) in [6, 6.07) is 12.6. The Hall–Kier alpha value is -3.79. The van der Waals surface area contributed by atoms with Gasteiger partial charge in [-0.15, -0.1) is 11.3 Å². The van der Waals surface area contributed by atoms with Gasteiger partial charge in [0.1, 0.15) is 5.75 Å². The standard InChI is InChI=1S/C19H16N4O5S/c1-28-16-10-14(23(26)27)7-8-15(16)21-17(24)9-13-11-29-19(20-13)22-18(25)12-5-3-2-4-6-12/h2-8,10-11H,9H2,1H3,(H,21,24)(H,20,22,25). The van der Waals surface area contributed by atoms with Crippen LogP contribution in [0.4, 0.5) is 16.5 Å². The lowest BCUT2D eigenvalue weighted by molar-refractivity contribution is -0.384. The minimum atomic E-state index is -0.547. The number of carbonyl (C=O) groups is 2. The van der Waals surface area contributed by atoms with Crippen LogP contribution in [0.2, 0.25) is 0 Å². The van der Waals surface area contributed by atoms with E-state index in [0.29, 0.717) is 22.1 Å². The zero-order valence-corrected chi connectivity index (χ0v) is 16.1. The fourth-order valence-electron chi connectivity index (χ4n) is 2.46. The maximum Gasteiger partial charge on any atom is 0.273 e. The minimum absolute atomic E-state index is 0.0299. The van der Waals surface area contributed by atoms with E-state index in [0.717, 1.165) is 0 Å². The SMILES string of the molecule is COc1cc([N+](=O)[O-])ccc1NC(=O)Cc1csc(NC(=O)c2ccccc2)n1.